The monoisotopic (exact) mass is 295 g/mol. The molecule has 1 aromatic carbocycles. The second-order valence-corrected chi connectivity index (χ2v) is 8.37. The molecular weight excluding hydrogens is 270 g/mol. The third-order valence-corrected chi connectivity index (χ3v) is 6.15. The fourth-order valence-electron chi connectivity index (χ4n) is 2.93. The van der Waals surface area contributed by atoms with Crippen molar-refractivity contribution in [3.8, 4) is 0 Å². The Balaban J connectivity index is 2.14. The normalized spacial score (nSPS) is 18.7. The van der Waals surface area contributed by atoms with Crippen LogP contribution in [0, 0.1) is 5.41 Å². The summed E-state index contributed by atoms with van der Waals surface area (Å²) in [6, 6.07) is 7.25. The second kappa shape index (κ2) is 6.17. The minimum absolute atomic E-state index is 0.142. The summed E-state index contributed by atoms with van der Waals surface area (Å²) >= 11 is 0. The molecular formula is C16H25NO2S. The van der Waals surface area contributed by atoms with Gasteiger partial charge in [0.25, 0.3) is 0 Å². The molecule has 1 fully saturated rings. The summed E-state index contributed by atoms with van der Waals surface area (Å²) in [6.07, 6.45) is 6.35. The molecule has 4 heteroatoms. The van der Waals surface area contributed by atoms with Gasteiger partial charge in [0.05, 0.1) is 16.3 Å². The summed E-state index contributed by atoms with van der Waals surface area (Å²) in [5.41, 5.74) is 1.04. The molecule has 0 bridgehead atoms. The predicted molar refractivity (Wildman–Crippen MR) is 83.9 cm³/mol. The number of anilines is 1. The van der Waals surface area contributed by atoms with Crippen molar-refractivity contribution in [1.29, 1.82) is 0 Å². The fourth-order valence-corrected chi connectivity index (χ4v) is 4.00. The van der Waals surface area contributed by atoms with Gasteiger partial charge in [0.2, 0.25) is 0 Å². The van der Waals surface area contributed by atoms with Crippen molar-refractivity contribution < 1.29 is 8.42 Å². The minimum atomic E-state index is -3.16. The van der Waals surface area contributed by atoms with Gasteiger partial charge in [-0.3, -0.25) is 0 Å². The summed E-state index contributed by atoms with van der Waals surface area (Å²) in [6.45, 7) is 4.84. The highest BCUT2D eigenvalue weighted by molar-refractivity contribution is 7.91. The van der Waals surface area contributed by atoms with E-state index in [1.165, 1.54) is 32.1 Å². The Kier molecular flexibility index (Phi) is 4.74. The number of para-hydroxylation sites is 1. The molecule has 0 heterocycles. The van der Waals surface area contributed by atoms with Crippen LogP contribution in [0.25, 0.3) is 0 Å². The summed E-state index contributed by atoms with van der Waals surface area (Å²) in [4.78, 5) is 0.432. The Bertz CT molecular complexity index is 545. The van der Waals surface area contributed by atoms with E-state index in [1.54, 1.807) is 19.1 Å². The zero-order valence-corrected chi connectivity index (χ0v) is 13.3. The third-order valence-electron chi connectivity index (χ3n) is 4.37. The van der Waals surface area contributed by atoms with Gasteiger partial charge in [0.15, 0.2) is 9.84 Å². The smallest absolute Gasteiger partial charge is 0.180 e. The summed E-state index contributed by atoms with van der Waals surface area (Å²) in [7, 11) is -3.16. The highest BCUT2D eigenvalue weighted by Gasteiger charge is 2.27. The van der Waals surface area contributed by atoms with Crippen LogP contribution in [-0.4, -0.2) is 20.7 Å². The highest BCUT2D eigenvalue weighted by atomic mass is 32.2. The topological polar surface area (TPSA) is 46.2 Å². The SMILES string of the molecule is CCS(=O)(=O)c1ccccc1NCC1(C)CCCCC1. The Morgan fingerprint density at radius 3 is 2.45 bits per heavy atom. The van der Waals surface area contributed by atoms with Crippen molar-refractivity contribution in [2.24, 2.45) is 5.41 Å². The molecule has 1 N–H and O–H groups in total. The number of rotatable bonds is 5. The first-order valence-corrected chi connectivity index (χ1v) is 9.18. The third kappa shape index (κ3) is 3.54. The van der Waals surface area contributed by atoms with Crippen LogP contribution in [0.5, 0.6) is 0 Å². The van der Waals surface area contributed by atoms with Crippen molar-refractivity contribution >= 4 is 15.5 Å². The van der Waals surface area contributed by atoms with Crippen molar-refractivity contribution in [1.82, 2.24) is 0 Å². The van der Waals surface area contributed by atoms with E-state index < -0.39 is 9.84 Å². The Morgan fingerprint density at radius 1 is 1.15 bits per heavy atom. The first kappa shape index (κ1) is 15.4. The zero-order chi connectivity index (χ0) is 14.6. The average molecular weight is 295 g/mol. The molecule has 1 aliphatic carbocycles. The standard InChI is InChI=1S/C16H25NO2S/c1-3-20(18,19)15-10-6-5-9-14(15)17-13-16(2)11-7-4-8-12-16/h5-6,9-10,17H,3-4,7-8,11-13H2,1-2H3. The van der Waals surface area contributed by atoms with Crippen LogP contribution in [0.2, 0.25) is 0 Å². The fraction of sp³-hybridized carbons (Fsp3) is 0.625. The number of hydrogen-bond acceptors (Lipinski definition) is 3. The summed E-state index contributed by atoms with van der Waals surface area (Å²) < 4.78 is 24.2. The molecule has 0 aromatic heterocycles. The van der Waals surface area contributed by atoms with E-state index in [9.17, 15) is 8.42 Å². The van der Waals surface area contributed by atoms with Crippen LogP contribution >= 0.6 is 0 Å². The number of hydrogen-bond donors (Lipinski definition) is 1. The molecule has 3 nitrogen and oxygen atoms in total. The van der Waals surface area contributed by atoms with Gasteiger partial charge in [-0.25, -0.2) is 8.42 Å². The van der Waals surface area contributed by atoms with E-state index in [4.69, 9.17) is 0 Å². The Labute approximate surface area is 122 Å². The maximum Gasteiger partial charge on any atom is 0.180 e. The summed E-state index contributed by atoms with van der Waals surface area (Å²) in [5.74, 6) is 0.142. The first-order chi connectivity index (χ1) is 9.47. The van der Waals surface area contributed by atoms with Gasteiger partial charge in [-0.15, -0.1) is 0 Å². The number of nitrogens with one attached hydrogen (secondary N) is 1. The van der Waals surface area contributed by atoms with Crippen LogP contribution in [-0.2, 0) is 9.84 Å². The van der Waals surface area contributed by atoms with Crippen molar-refractivity contribution in [3.63, 3.8) is 0 Å². The molecule has 1 aliphatic rings. The number of benzene rings is 1. The van der Waals surface area contributed by atoms with E-state index in [-0.39, 0.29) is 5.75 Å². The summed E-state index contributed by atoms with van der Waals surface area (Å²) in [5, 5.41) is 3.38. The van der Waals surface area contributed by atoms with Crippen LogP contribution in [0.15, 0.2) is 29.2 Å². The van der Waals surface area contributed by atoms with E-state index >= 15 is 0 Å². The second-order valence-electron chi connectivity index (χ2n) is 6.12. The maximum atomic E-state index is 12.1. The molecule has 0 radical (unpaired) electrons. The van der Waals surface area contributed by atoms with Gasteiger partial charge in [-0.2, -0.15) is 0 Å². The van der Waals surface area contributed by atoms with Crippen LogP contribution < -0.4 is 5.32 Å². The Morgan fingerprint density at radius 2 is 1.80 bits per heavy atom. The molecule has 20 heavy (non-hydrogen) atoms. The molecule has 1 saturated carbocycles. The lowest BCUT2D eigenvalue weighted by atomic mass is 9.76. The molecule has 0 aliphatic heterocycles. The van der Waals surface area contributed by atoms with Crippen LogP contribution in [0.4, 0.5) is 5.69 Å². The largest absolute Gasteiger partial charge is 0.383 e. The van der Waals surface area contributed by atoms with E-state index in [2.05, 4.69) is 12.2 Å². The number of sulfone groups is 1. The van der Waals surface area contributed by atoms with Crippen LogP contribution in [0.1, 0.15) is 46.0 Å². The van der Waals surface area contributed by atoms with Crippen molar-refractivity contribution in [3.05, 3.63) is 24.3 Å². The highest BCUT2D eigenvalue weighted by Crippen LogP contribution is 2.36. The Hall–Kier alpha value is -1.03. The lowest BCUT2D eigenvalue weighted by Gasteiger charge is -2.34. The molecule has 0 amide bonds. The molecule has 0 saturated heterocycles. The molecule has 112 valence electrons. The molecule has 0 atom stereocenters. The molecule has 0 spiro atoms. The molecule has 2 rings (SSSR count). The molecule has 0 unspecified atom stereocenters. The lowest BCUT2D eigenvalue weighted by molar-refractivity contribution is 0.233. The van der Waals surface area contributed by atoms with Gasteiger partial charge < -0.3 is 5.32 Å². The first-order valence-electron chi connectivity index (χ1n) is 7.52. The zero-order valence-electron chi connectivity index (χ0n) is 12.5. The van der Waals surface area contributed by atoms with E-state index in [1.807, 2.05) is 12.1 Å². The van der Waals surface area contributed by atoms with E-state index in [0.29, 0.717) is 10.3 Å². The van der Waals surface area contributed by atoms with E-state index in [0.717, 1.165) is 12.2 Å². The minimum Gasteiger partial charge on any atom is -0.383 e. The van der Waals surface area contributed by atoms with Gasteiger partial charge in [-0.1, -0.05) is 45.2 Å². The van der Waals surface area contributed by atoms with Gasteiger partial charge >= 0.3 is 0 Å². The van der Waals surface area contributed by atoms with Crippen molar-refractivity contribution in [2.45, 2.75) is 50.8 Å². The van der Waals surface area contributed by atoms with Gasteiger partial charge in [0.1, 0.15) is 0 Å². The lowest BCUT2D eigenvalue weighted by Crippen LogP contribution is -2.29. The van der Waals surface area contributed by atoms with Gasteiger partial charge in [-0.05, 0) is 30.4 Å². The predicted octanol–water partition coefficient (Wildman–Crippen LogP) is 3.86. The quantitative estimate of drug-likeness (QED) is 0.897. The average Bonchev–Trinajstić information content (AvgIpc) is 2.46. The van der Waals surface area contributed by atoms with Gasteiger partial charge in [0, 0.05) is 6.54 Å². The van der Waals surface area contributed by atoms with Crippen LogP contribution in [0.3, 0.4) is 0 Å². The maximum absolute atomic E-state index is 12.1. The molecule has 1 aromatic rings. The van der Waals surface area contributed by atoms with Crippen molar-refractivity contribution in [2.75, 3.05) is 17.6 Å².